The van der Waals surface area contributed by atoms with Crippen LogP contribution in [-0.2, 0) is 25.5 Å². The Morgan fingerprint density at radius 1 is 1.06 bits per heavy atom. The highest BCUT2D eigenvalue weighted by Gasteiger charge is 2.14. The Labute approximate surface area is 218 Å². The third kappa shape index (κ3) is 9.62. The highest BCUT2D eigenvalue weighted by Crippen LogP contribution is 2.39. The van der Waals surface area contributed by atoms with Crippen molar-refractivity contribution < 1.29 is 24.0 Å². The van der Waals surface area contributed by atoms with Gasteiger partial charge in [-0.1, -0.05) is 6.07 Å². The van der Waals surface area contributed by atoms with Gasteiger partial charge in [-0.2, -0.15) is 0 Å². The largest absolute Gasteiger partial charge is 0.458 e. The molecule has 0 bridgehead atoms. The lowest BCUT2D eigenvalue weighted by Crippen LogP contribution is -2.22. The number of halogens is 2. The van der Waals surface area contributed by atoms with Gasteiger partial charge in [0, 0.05) is 25.6 Å². The van der Waals surface area contributed by atoms with Crippen molar-refractivity contribution in [3.63, 3.8) is 0 Å². The number of amides is 1. The van der Waals surface area contributed by atoms with Crippen LogP contribution in [0.2, 0.25) is 0 Å². The minimum Gasteiger partial charge on any atom is -0.458 e. The van der Waals surface area contributed by atoms with Crippen LogP contribution in [0.15, 0.2) is 49.5 Å². The molecule has 0 aliphatic carbocycles. The van der Waals surface area contributed by atoms with Crippen LogP contribution >= 0.6 is 31.9 Å². The Balaban J connectivity index is 2.05. The summed E-state index contributed by atoms with van der Waals surface area (Å²) in [4.78, 5) is 44.5. The SMILES string of the molecule is CC(=O)COC(=O)CCNCCc1ccc(N=Nc2c(Br)cc([N+](=O)[O-])cc2Br)c(NC(C)=O)c1. The van der Waals surface area contributed by atoms with Crippen LogP contribution in [0.4, 0.5) is 22.7 Å². The molecule has 186 valence electrons. The first-order valence-electron chi connectivity index (χ1n) is 10.4. The van der Waals surface area contributed by atoms with Gasteiger partial charge in [0.25, 0.3) is 5.69 Å². The number of benzene rings is 2. The number of hydrogen-bond acceptors (Lipinski definition) is 9. The molecular weight excluding hydrogens is 590 g/mol. The number of nitrogens with zero attached hydrogens (tertiary/aromatic N) is 3. The standard InChI is InChI=1S/C22H23Br2N5O6/c1-13(30)12-35-21(32)6-8-25-7-5-15-3-4-19(20(9-15)26-14(2)31)27-28-22-17(23)10-16(29(33)34)11-18(22)24/h3-4,9-11,25H,5-8,12H2,1-2H3,(H,26,31). The molecule has 0 radical (unpaired) electrons. The number of Topliss-reactive ketones (excluding diaryl/α,β-unsaturated/α-hetero) is 1. The van der Waals surface area contributed by atoms with Crippen LogP contribution in [0.5, 0.6) is 0 Å². The number of rotatable bonds is 12. The fourth-order valence-corrected chi connectivity index (χ4v) is 4.10. The Kier molecular flexibility index (Phi) is 11.1. The zero-order valence-electron chi connectivity index (χ0n) is 19.0. The fraction of sp³-hybridized carbons (Fsp3) is 0.318. The highest BCUT2D eigenvalue weighted by molar-refractivity contribution is 9.11. The maximum absolute atomic E-state index is 11.7. The first kappa shape index (κ1) is 28.2. The van der Waals surface area contributed by atoms with Gasteiger partial charge >= 0.3 is 5.97 Å². The van der Waals surface area contributed by atoms with Crippen LogP contribution in [0, 0.1) is 10.1 Å². The lowest BCUT2D eigenvalue weighted by molar-refractivity contribution is -0.385. The van der Waals surface area contributed by atoms with Crippen molar-refractivity contribution in [3.8, 4) is 0 Å². The molecular formula is C22H23Br2N5O6. The number of anilines is 1. The molecule has 2 aromatic carbocycles. The van der Waals surface area contributed by atoms with Gasteiger partial charge in [0.1, 0.15) is 18.0 Å². The second-order valence-corrected chi connectivity index (χ2v) is 9.07. The third-order valence-electron chi connectivity index (χ3n) is 4.37. The summed E-state index contributed by atoms with van der Waals surface area (Å²) in [6.07, 6.45) is 0.767. The lowest BCUT2D eigenvalue weighted by atomic mass is 10.1. The number of carbonyl (C=O) groups is 3. The van der Waals surface area contributed by atoms with Gasteiger partial charge in [-0.25, -0.2) is 0 Å². The number of non-ortho nitro benzene ring substituents is 1. The van der Waals surface area contributed by atoms with Crippen molar-refractivity contribution in [1.82, 2.24) is 5.32 Å². The zero-order valence-corrected chi connectivity index (χ0v) is 22.1. The zero-order chi connectivity index (χ0) is 26.0. The lowest BCUT2D eigenvalue weighted by Gasteiger charge is -2.10. The van der Waals surface area contributed by atoms with Crippen LogP contribution in [0.1, 0.15) is 25.8 Å². The summed E-state index contributed by atoms with van der Waals surface area (Å²) in [5.74, 6) is -0.933. The van der Waals surface area contributed by atoms with E-state index in [2.05, 4.69) is 52.7 Å². The van der Waals surface area contributed by atoms with Gasteiger partial charge in [0.2, 0.25) is 5.91 Å². The Bertz CT molecular complexity index is 1130. The Morgan fingerprint density at radius 2 is 1.74 bits per heavy atom. The van der Waals surface area contributed by atoms with Crippen molar-refractivity contribution in [2.45, 2.75) is 26.7 Å². The van der Waals surface area contributed by atoms with E-state index < -0.39 is 10.9 Å². The van der Waals surface area contributed by atoms with E-state index in [-0.39, 0.29) is 30.4 Å². The van der Waals surface area contributed by atoms with Crippen molar-refractivity contribution in [2.75, 3.05) is 25.0 Å². The normalized spacial score (nSPS) is 10.9. The highest BCUT2D eigenvalue weighted by atomic mass is 79.9. The van der Waals surface area contributed by atoms with E-state index in [1.807, 2.05) is 6.07 Å². The average Bonchev–Trinajstić information content (AvgIpc) is 2.77. The second-order valence-electron chi connectivity index (χ2n) is 7.36. The molecule has 0 fully saturated rings. The predicted octanol–water partition coefficient (Wildman–Crippen LogP) is 5.15. The van der Waals surface area contributed by atoms with Crippen molar-refractivity contribution in [3.05, 3.63) is 55.0 Å². The van der Waals surface area contributed by atoms with Gasteiger partial charge in [-0.05, 0) is 69.4 Å². The monoisotopic (exact) mass is 611 g/mol. The van der Waals surface area contributed by atoms with Crippen LogP contribution in [0.3, 0.4) is 0 Å². The Morgan fingerprint density at radius 3 is 2.34 bits per heavy atom. The molecule has 0 aromatic heterocycles. The molecule has 1 amide bonds. The topological polar surface area (TPSA) is 152 Å². The molecule has 0 unspecified atom stereocenters. The summed E-state index contributed by atoms with van der Waals surface area (Å²) in [5, 5.41) is 25.3. The van der Waals surface area contributed by atoms with Crippen molar-refractivity contribution >= 4 is 72.3 Å². The van der Waals surface area contributed by atoms with Crippen LogP contribution in [0.25, 0.3) is 0 Å². The summed E-state index contributed by atoms with van der Waals surface area (Å²) in [5.41, 5.74) is 2.03. The van der Waals surface area contributed by atoms with Crippen molar-refractivity contribution in [2.24, 2.45) is 10.2 Å². The summed E-state index contributed by atoms with van der Waals surface area (Å²) in [6, 6.07) is 7.97. The molecule has 11 nitrogen and oxygen atoms in total. The van der Waals surface area contributed by atoms with E-state index in [0.29, 0.717) is 45.5 Å². The van der Waals surface area contributed by atoms with E-state index in [1.54, 1.807) is 12.1 Å². The number of hydrogen-bond donors (Lipinski definition) is 2. The van der Waals surface area contributed by atoms with E-state index in [0.717, 1.165) is 5.56 Å². The van der Waals surface area contributed by atoms with Crippen LogP contribution in [-0.4, -0.2) is 42.3 Å². The number of ketones is 1. The molecule has 2 aromatic rings. The average molecular weight is 613 g/mol. The van der Waals surface area contributed by atoms with Crippen LogP contribution < -0.4 is 10.6 Å². The van der Waals surface area contributed by atoms with E-state index >= 15 is 0 Å². The third-order valence-corrected chi connectivity index (χ3v) is 5.58. The second kappa shape index (κ2) is 13.8. The van der Waals surface area contributed by atoms with Crippen molar-refractivity contribution in [1.29, 1.82) is 0 Å². The number of azo groups is 1. The fourth-order valence-electron chi connectivity index (χ4n) is 2.78. The molecule has 2 rings (SSSR count). The van der Waals surface area contributed by atoms with E-state index in [1.165, 1.54) is 26.0 Å². The number of nitrogens with one attached hydrogen (secondary N) is 2. The number of nitro benzene ring substituents is 1. The summed E-state index contributed by atoms with van der Waals surface area (Å²) in [6.45, 7) is 3.49. The van der Waals surface area contributed by atoms with Gasteiger partial charge in [-0.15, -0.1) is 10.2 Å². The predicted molar refractivity (Wildman–Crippen MR) is 136 cm³/mol. The molecule has 0 aliphatic rings. The molecule has 0 atom stereocenters. The van der Waals surface area contributed by atoms with Gasteiger partial charge < -0.3 is 15.4 Å². The molecule has 0 spiro atoms. The molecule has 0 saturated carbocycles. The van der Waals surface area contributed by atoms with Gasteiger partial charge in [0.15, 0.2) is 5.78 Å². The Hall–Kier alpha value is -3.03. The van der Waals surface area contributed by atoms with Gasteiger partial charge in [0.05, 0.1) is 26.0 Å². The molecule has 13 heteroatoms. The summed E-state index contributed by atoms with van der Waals surface area (Å²) in [7, 11) is 0. The first-order valence-corrected chi connectivity index (χ1v) is 12.0. The molecule has 0 heterocycles. The van der Waals surface area contributed by atoms with Gasteiger partial charge in [-0.3, -0.25) is 24.5 Å². The summed E-state index contributed by atoms with van der Waals surface area (Å²) >= 11 is 6.53. The van der Waals surface area contributed by atoms with E-state index in [4.69, 9.17) is 4.74 Å². The number of esters is 1. The summed E-state index contributed by atoms with van der Waals surface area (Å²) < 4.78 is 5.57. The number of carbonyl (C=O) groups excluding carboxylic acids is 3. The molecule has 0 aliphatic heterocycles. The first-order chi connectivity index (χ1) is 16.6. The molecule has 2 N–H and O–H groups in total. The van der Waals surface area contributed by atoms with E-state index in [9.17, 15) is 24.5 Å². The molecule has 0 saturated heterocycles. The maximum atomic E-state index is 11.7. The minimum atomic E-state index is -0.515. The molecule has 35 heavy (non-hydrogen) atoms. The minimum absolute atomic E-state index is 0.104. The number of nitro groups is 1. The quantitative estimate of drug-likeness (QED) is 0.110. The maximum Gasteiger partial charge on any atom is 0.307 e. The smallest absolute Gasteiger partial charge is 0.307 e. The number of ether oxygens (including phenoxy) is 1.